The summed E-state index contributed by atoms with van der Waals surface area (Å²) in [5, 5.41) is 0. The minimum Gasteiger partial charge on any atom is -0.494 e. The molecule has 2 aromatic carbocycles. The highest BCUT2D eigenvalue weighted by Gasteiger charge is 2.37. The molecule has 0 aromatic heterocycles. The Kier molecular flexibility index (Phi) is 6.22. The normalized spacial score (nSPS) is 22.2. The van der Waals surface area contributed by atoms with Crippen LogP contribution >= 0.6 is 0 Å². The van der Waals surface area contributed by atoms with Crippen LogP contribution in [0.4, 0.5) is 0 Å². The molecule has 1 aliphatic rings. The van der Waals surface area contributed by atoms with E-state index in [4.69, 9.17) is 10.6 Å². The zero-order chi connectivity index (χ0) is 18.4. The highest BCUT2D eigenvalue weighted by molar-refractivity contribution is 5.81. The summed E-state index contributed by atoms with van der Waals surface area (Å²) < 4.78 is 5.83. The van der Waals surface area contributed by atoms with Gasteiger partial charge in [-0.05, 0) is 36.1 Å². The molecule has 6 heteroatoms. The number of hydrogen-bond acceptors (Lipinski definition) is 5. The van der Waals surface area contributed by atoms with Gasteiger partial charge in [0.2, 0.25) is 0 Å². The maximum absolute atomic E-state index is 11.7. The van der Waals surface area contributed by atoms with E-state index in [0.29, 0.717) is 6.61 Å². The molecule has 0 saturated carbocycles. The second-order valence-corrected chi connectivity index (χ2v) is 6.62. The molecule has 6 nitrogen and oxygen atoms in total. The topological polar surface area (TPSA) is 88.4 Å². The lowest BCUT2D eigenvalue weighted by molar-refractivity contribution is -0.123. The molecule has 2 aromatic rings. The van der Waals surface area contributed by atoms with Crippen molar-refractivity contribution in [2.24, 2.45) is 11.8 Å². The summed E-state index contributed by atoms with van der Waals surface area (Å²) in [6.45, 7) is 2.71. The smallest absolute Gasteiger partial charge is 0.252 e. The fourth-order valence-corrected chi connectivity index (χ4v) is 3.30. The van der Waals surface area contributed by atoms with Crippen LogP contribution < -0.4 is 26.9 Å². The average molecular weight is 354 g/mol. The molecule has 138 valence electrons. The van der Waals surface area contributed by atoms with Gasteiger partial charge in [0.15, 0.2) is 0 Å². The van der Waals surface area contributed by atoms with Gasteiger partial charge in [0.25, 0.3) is 5.91 Å². The van der Waals surface area contributed by atoms with Crippen molar-refractivity contribution in [1.29, 1.82) is 0 Å². The fraction of sp³-hybridized carbons (Fsp3) is 0.350. The zero-order valence-corrected chi connectivity index (χ0v) is 14.9. The Bertz CT molecular complexity index is 706. The first kappa shape index (κ1) is 18.4. The lowest BCUT2D eigenvalue weighted by Crippen LogP contribution is -2.47. The number of ether oxygens (including phenoxy) is 1. The van der Waals surface area contributed by atoms with Gasteiger partial charge in [-0.25, -0.2) is 16.7 Å². The predicted octanol–water partition coefficient (Wildman–Crippen LogP) is 1.84. The summed E-state index contributed by atoms with van der Waals surface area (Å²) in [4.78, 5) is 11.7. The van der Waals surface area contributed by atoms with E-state index in [1.807, 2.05) is 37.3 Å². The lowest BCUT2D eigenvalue weighted by Gasteiger charge is -2.18. The van der Waals surface area contributed by atoms with Crippen LogP contribution in [0.5, 0.6) is 5.75 Å². The van der Waals surface area contributed by atoms with Crippen LogP contribution in [-0.4, -0.2) is 18.6 Å². The Balaban J connectivity index is 1.48. The minimum absolute atomic E-state index is 0.0458. The fourth-order valence-electron chi connectivity index (χ4n) is 3.30. The second-order valence-electron chi connectivity index (χ2n) is 6.62. The first-order chi connectivity index (χ1) is 12.7. The highest BCUT2D eigenvalue weighted by Crippen LogP contribution is 2.29. The molecule has 3 rings (SSSR count). The van der Waals surface area contributed by atoms with Crippen molar-refractivity contribution in [3.8, 4) is 5.75 Å². The van der Waals surface area contributed by atoms with E-state index >= 15 is 0 Å². The van der Waals surface area contributed by atoms with Gasteiger partial charge < -0.3 is 4.74 Å². The third-order valence-electron chi connectivity index (χ3n) is 4.83. The van der Waals surface area contributed by atoms with E-state index in [9.17, 15) is 4.79 Å². The number of rotatable bonds is 7. The van der Waals surface area contributed by atoms with Crippen molar-refractivity contribution >= 4 is 5.91 Å². The molecule has 0 radical (unpaired) electrons. The highest BCUT2D eigenvalue weighted by atomic mass is 16.5. The largest absolute Gasteiger partial charge is 0.494 e. The van der Waals surface area contributed by atoms with E-state index in [1.54, 1.807) is 0 Å². The molecule has 26 heavy (non-hydrogen) atoms. The molecule has 1 aliphatic heterocycles. The van der Waals surface area contributed by atoms with Crippen LogP contribution in [-0.2, 0) is 11.2 Å². The van der Waals surface area contributed by atoms with Gasteiger partial charge in [0.05, 0.1) is 12.6 Å². The van der Waals surface area contributed by atoms with Gasteiger partial charge in [0, 0.05) is 5.92 Å². The van der Waals surface area contributed by atoms with Crippen LogP contribution in [0.2, 0.25) is 0 Å². The standard InChI is InChI=1S/C20H26N4O2/c1-14-18(23-24-19(14)20(25)22-21)16-9-11-17(12-10-16)26-13-5-8-15-6-3-2-4-7-15/h2-4,6-7,9-12,14,18-19,23-24H,5,8,13,21H2,1H3,(H,22,25). The summed E-state index contributed by atoms with van der Waals surface area (Å²) in [5.41, 5.74) is 10.8. The van der Waals surface area contributed by atoms with Crippen LogP contribution in [0.3, 0.4) is 0 Å². The first-order valence-electron chi connectivity index (χ1n) is 8.97. The number of nitrogens with two attached hydrogens (primary N) is 1. The second kappa shape index (κ2) is 8.80. The lowest BCUT2D eigenvalue weighted by atomic mass is 9.91. The quantitative estimate of drug-likeness (QED) is 0.264. The Labute approximate surface area is 154 Å². The maximum Gasteiger partial charge on any atom is 0.252 e. The summed E-state index contributed by atoms with van der Waals surface area (Å²) in [5.74, 6) is 5.95. The monoisotopic (exact) mass is 354 g/mol. The van der Waals surface area contributed by atoms with Crippen molar-refractivity contribution in [2.45, 2.75) is 31.8 Å². The van der Waals surface area contributed by atoms with E-state index in [0.717, 1.165) is 24.2 Å². The molecule has 1 heterocycles. The SMILES string of the molecule is CC1C(C(=O)NN)NNC1c1ccc(OCCCc2ccccc2)cc1. The van der Waals surface area contributed by atoms with Gasteiger partial charge in [-0.2, -0.15) is 0 Å². The molecular formula is C20H26N4O2. The Morgan fingerprint density at radius 1 is 1.12 bits per heavy atom. The number of benzene rings is 2. The molecule has 0 aliphatic carbocycles. The number of hydrogen-bond donors (Lipinski definition) is 4. The van der Waals surface area contributed by atoms with Crippen LogP contribution in [0.1, 0.15) is 30.5 Å². The summed E-state index contributed by atoms with van der Waals surface area (Å²) >= 11 is 0. The van der Waals surface area contributed by atoms with Crippen LogP contribution in [0.15, 0.2) is 54.6 Å². The number of amides is 1. The molecule has 1 fully saturated rings. The van der Waals surface area contributed by atoms with Crippen molar-refractivity contribution in [3.05, 3.63) is 65.7 Å². The van der Waals surface area contributed by atoms with Crippen LogP contribution in [0.25, 0.3) is 0 Å². The summed E-state index contributed by atoms with van der Waals surface area (Å²) in [6.07, 6.45) is 1.99. The molecule has 0 spiro atoms. The molecule has 1 saturated heterocycles. The van der Waals surface area contributed by atoms with Crippen LogP contribution in [0, 0.1) is 5.92 Å². The number of aryl methyl sites for hydroxylation is 1. The molecular weight excluding hydrogens is 328 g/mol. The summed E-state index contributed by atoms with van der Waals surface area (Å²) in [7, 11) is 0. The first-order valence-corrected chi connectivity index (χ1v) is 8.97. The third-order valence-corrected chi connectivity index (χ3v) is 4.83. The van der Waals surface area contributed by atoms with E-state index in [2.05, 4.69) is 40.5 Å². The van der Waals surface area contributed by atoms with Gasteiger partial charge >= 0.3 is 0 Å². The Hall–Kier alpha value is -2.41. The number of carbonyl (C=O) groups excluding carboxylic acids is 1. The van der Waals surface area contributed by atoms with Gasteiger partial charge in [-0.3, -0.25) is 10.2 Å². The number of nitrogens with one attached hydrogen (secondary N) is 3. The molecule has 3 atom stereocenters. The number of carbonyl (C=O) groups is 1. The Morgan fingerprint density at radius 2 is 1.85 bits per heavy atom. The van der Waals surface area contributed by atoms with E-state index in [1.165, 1.54) is 5.56 Å². The summed E-state index contributed by atoms with van der Waals surface area (Å²) in [6, 6.07) is 18.1. The van der Waals surface area contributed by atoms with Gasteiger partial charge in [-0.15, -0.1) is 0 Å². The average Bonchev–Trinajstić information content (AvgIpc) is 3.07. The maximum atomic E-state index is 11.7. The molecule has 3 unspecified atom stereocenters. The van der Waals surface area contributed by atoms with Crippen molar-refractivity contribution < 1.29 is 9.53 Å². The molecule has 1 amide bonds. The van der Waals surface area contributed by atoms with Crippen molar-refractivity contribution in [2.75, 3.05) is 6.61 Å². The Morgan fingerprint density at radius 3 is 2.54 bits per heavy atom. The number of hydrazine groups is 2. The van der Waals surface area contributed by atoms with Gasteiger partial charge in [0.1, 0.15) is 11.8 Å². The molecule has 5 N–H and O–H groups in total. The zero-order valence-electron chi connectivity index (χ0n) is 14.9. The van der Waals surface area contributed by atoms with Crippen molar-refractivity contribution in [3.63, 3.8) is 0 Å². The third kappa shape index (κ3) is 4.40. The minimum atomic E-state index is -0.348. The van der Waals surface area contributed by atoms with E-state index < -0.39 is 0 Å². The van der Waals surface area contributed by atoms with Crippen molar-refractivity contribution in [1.82, 2.24) is 16.3 Å². The molecule has 0 bridgehead atoms. The van der Waals surface area contributed by atoms with E-state index in [-0.39, 0.29) is 23.9 Å². The predicted molar refractivity (Wildman–Crippen MR) is 101 cm³/mol. The van der Waals surface area contributed by atoms with Gasteiger partial charge in [-0.1, -0.05) is 49.4 Å².